The van der Waals surface area contributed by atoms with Crippen molar-refractivity contribution in [3.63, 3.8) is 0 Å². The van der Waals surface area contributed by atoms with E-state index in [1.807, 2.05) is 6.92 Å². The van der Waals surface area contributed by atoms with E-state index in [0.717, 1.165) is 15.2 Å². The SMILES string of the molecule is CNC(=O)c1ccc(OC)c2nc(C)sc12. The lowest BCUT2D eigenvalue weighted by Crippen LogP contribution is -2.17. The zero-order valence-corrected chi connectivity index (χ0v) is 10.1. The summed E-state index contributed by atoms with van der Waals surface area (Å²) in [5.74, 6) is 0.600. The summed E-state index contributed by atoms with van der Waals surface area (Å²) in [6, 6.07) is 3.53. The van der Waals surface area contributed by atoms with Crippen LogP contribution < -0.4 is 10.1 Å². The van der Waals surface area contributed by atoms with Crippen LogP contribution in [0.15, 0.2) is 12.1 Å². The standard InChI is InChI=1S/C11H12N2O2S/c1-6-13-9-8(15-3)5-4-7(10(9)16-6)11(14)12-2/h4-5H,1-3H3,(H,12,14). The van der Waals surface area contributed by atoms with Gasteiger partial charge in [0.25, 0.3) is 5.91 Å². The summed E-state index contributed by atoms with van der Waals surface area (Å²) in [5, 5.41) is 3.54. The molecule has 0 aliphatic rings. The molecule has 0 aliphatic heterocycles. The maximum atomic E-state index is 11.7. The van der Waals surface area contributed by atoms with Gasteiger partial charge in [-0.05, 0) is 19.1 Å². The van der Waals surface area contributed by atoms with E-state index in [0.29, 0.717) is 11.3 Å². The quantitative estimate of drug-likeness (QED) is 0.867. The number of hydrogen-bond acceptors (Lipinski definition) is 4. The normalized spacial score (nSPS) is 10.4. The third-order valence-electron chi connectivity index (χ3n) is 2.31. The summed E-state index contributed by atoms with van der Waals surface area (Å²) >= 11 is 1.50. The number of aryl methyl sites for hydroxylation is 1. The van der Waals surface area contributed by atoms with E-state index in [1.165, 1.54) is 11.3 Å². The van der Waals surface area contributed by atoms with Gasteiger partial charge in [0.05, 0.1) is 22.4 Å². The highest BCUT2D eigenvalue weighted by Crippen LogP contribution is 2.32. The Bertz CT molecular complexity index is 548. The van der Waals surface area contributed by atoms with Crippen LogP contribution in [-0.2, 0) is 0 Å². The molecule has 0 atom stereocenters. The zero-order chi connectivity index (χ0) is 11.7. The molecular formula is C11H12N2O2S. The van der Waals surface area contributed by atoms with Gasteiger partial charge in [0, 0.05) is 7.05 Å². The van der Waals surface area contributed by atoms with Crippen LogP contribution in [0.1, 0.15) is 15.4 Å². The van der Waals surface area contributed by atoms with Crippen molar-refractivity contribution in [2.24, 2.45) is 0 Å². The number of rotatable bonds is 2. The van der Waals surface area contributed by atoms with E-state index in [1.54, 1.807) is 26.3 Å². The second kappa shape index (κ2) is 4.09. The number of carbonyl (C=O) groups excluding carboxylic acids is 1. The number of nitrogens with one attached hydrogen (secondary N) is 1. The highest BCUT2D eigenvalue weighted by molar-refractivity contribution is 7.19. The monoisotopic (exact) mass is 236 g/mol. The summed E-state index contributed by atoms with van der Waals surface area (Å²) in [6.45, 7) is 1.91. The molecule has 1 aromatic carbocycles. The van der Waals surface area contributed by atoms with Gasteiger partial charge < -0.3 is 10.1 Å². The van der Waals surface area contributed by atoms with E-state index in [-0.39, 0.29) is 5.91 Å². The first-order valence-electron chi connectivity index (χ1n) is 4.83. The van der Waals surface area contributed by atoms with Crippen LogP contribution in [0.25, 0.3) is 10.2 Å². The van der Waals surface area contributed by atoms with Crippen LogP contribution in [0.2, 0.25) is 0 Å². The third-order valence-corrected chi connectivity index (χ3v) is 3.31. The molecule has 0 radical (unpaired) electrons. The first-order valence-corrected chi connectivity index (χ1v) is 5.65. The molecular weight excluding hydrogens is 224 g/mol. The van der Waals surface area contributed by atoms with Crippen molar-refractivity contribution in [1.29, 1.82) is 0 Å². The number of ether oxygens (including phenoxy) is 1. The molecule has 1 amide bonds. The van der Waals surface area contributed by atoms with Gasteiger partial charge in [0.1, 0.15) is 11.3 Å². The van der Waals surface area contributed by atoms with Gasteiger partial charge in [-0.15, -0.1) is 11.3 Å². The van der Waals surface area contributed by atoms with Gasteiger partial charge in [-0.25, -0.2) is 4.98 Å². The maximum Gasteiger partial charge on any atom is 0.252 e. The van der Waals surface area contributed by atoms with E-state index in [2.05, 4.69) is 10.3 Å². The number of thiazole rings is 1. The van der Waals surface area contributed by atoms with Crippen LogP contribution in [0.4, 0.5) is 0 Å². The van der Waals surface area contributed by atoms with Gasteiger partial charge in [0.15, 0.2) is 0 Å². The predicted molar refractivity (Wildman–Crippen MR) is 64.3 cm³/mol. The summed E-state index contributed by atoms with van der Waals surface area (Å²) < 4.78 is 6.09. The Kier molecular flexibility index (Phi) is 2.78. The van der Waals surface area contributed by atoms with Gasteiger partial charge in [0.2, 0.25) is 0 Å². The smallest absolute Gasteiger partial charge is 0.252 e. The molecule has 2 rings (SSSR count). The number of amides is 1. The molecule has 0 unspecified atom stereocenters. The molecule has 16 heavy (non-hydrogen) atoms. The zero-order valence-electron chi connectivity index (χ0n) is 9.33. The van der Waals surface area contributed by atoms with Crippen molar-refractivity contribution in [3.05, 3.63) is 22.7 Å². The molecule has 0 saturated carbocycles. The van der Waals surface area contributed by atoms with E-state index in [9.17, 15) is 4.79 Å². The molecule has 0 bridgehead atoms. The fourth-order valence-electron chi connectivity index (χ4n) is 1.57. The Labute approximate surface area is 97.3 Å². The highest BCUT2D eigenvalue weighted by Gasteiger charge is 2.15. The Balaban J connectivity index is 2.73. The van der Waals surface area contributed by atoms with E-state index < -0.39 is 0 Å². The summed E-state index contributed by atoms with van der Waals surface area (Å²) in [7, 11) is 3.22. The first kappa shape index (κ1) is 10.9. The highest BCUT2D eigenvalue weighted by atomic mass is 32.1. The van der Waals surface area contributed by atoms with Crippen molar-refractivity contribution >= 4 is 27.5 Å². The number of fused-ring (bicyclic) bond motifs is 1. The molecule has 0 fully saturated rings. The number of methoxy groups -OCH3 is 1. The minimum atomic E-state index is -0.101. The molecule has 5 heteroatoms. The molecule has 1 heterocycles. The van der Waals surface area contributed by atoms with Crippen LogP contribution in [-0.4, -0.2) is 25.0 Å². The molecule has 84 valence electrons. The van der Waals surface area contributed by atoms with Crippen molar-refractivity contribution in [2.75, 3.05) is 14.2 Å². The second-order valence-electron chi connectivity index (χ2n) is 3.31. The maximum absolute atomic E-state index is 11.7. The van der Waals surface area contributed by atoms with Gasteiger partial charge >= 0.3 is 0 Å². The summed E-state index contributed by atoms with van der Waals surface area (Å²) in [4.78, 5) is 16.0. The minimum absolute atomic E-state index is 0.101. The Hall–Kier alpha value is -1.62. The van der Waals surface area contributed by atoms with Crippen LogP contribution in [0.5, 0.6) is 5.75 Å². The third kappa shape index (κ3) is 1.63. The fourth-order valence-corrected chi connectivity index (χ4v) is 2.51. The van der Waals surface area contributed by atoms with E-state index in [4.69, 9.17) is 4.74 Å². The van der Waals surface area contributed by atoms with Crippen LogP contribution in [0, 0.1) is 6.92 Å². The number of hydrogen-bond donors (Lipinski definition) is 1. The minimum Gasteiger partial charge on any atom is -0.494 e. The average molecular weight is 236 g/mol. The Morgan fingerprint density at radius 1 is 1.50 bits per heavy atom. The molecule has 4 nitrogen and oxygen atoms in total. The predicted octanol–water partition coefficient (Wildman–Crippen LogP) is 1.97. The van der Waals surface area contributed by atoms with Crippen LogP contribution >= 0.6 is 11.3 Å². The second-order valence-corrected chi connectivity index (χ2v) is 4.51. The molecule has 1 aromatic heterocycles. The average Bonchev–Trinajstić information content (AvgIpc) is 2.67. The molecule has 0 spiro atoms. The number of aromatic nitrogens is 1. The Morgan fingerprint density at radius 2 is 2.25 bits per heavy atom. The fraction of sp³-hybridized carbons (Fsp3) is 0.273. The van der Waals surface area contributed by atoms with E-state index >= 15 is 0 Å². The largest absolute Gasteiger partial charge is 0.494 e. The van der Waals surface area contributed by atoms with Gasteiger partial charge in [-0.3, -0.25) is 4.79 Å². The topological polar surface area (TPSA) is 51.2 Å². The van der Waals surface area contributed by atoms with Crippen molar-refractivity contribution in [2.45, 2.75) is 6.92 Å². The molecule has 1 N–H and O–H groups in total. The lowest BCUT2D eigenvalue weighted by Gasteiger charge is -2.04. The van der Waals surface area contributed by atoms with Crippen LogP contribution in [0.3, 0.4) is 0 Å². The molecule has 2 aromatic rings. The lowest BCUT2D eigenvalue weighted by atomic mass is 10.2. The first-order chi connectivity index (χ1) is 7.67. The number of benzene rings is 1. The van der Waals surface area contributed by atoms with Crippen molar-refractivity contribution < 1.29 is 9.53 Å². The number of nitrogens with zero attached hydrogens (tertiary/aromatic N) is 1. The molecule has 0 aliphatic carbocycles. The summed E-state index contributed by atoms with van der Waals surface area (Å²) in [6.07, 6.45) is 0. The number of carbonyl (C=O) groups is 1. The van der Waals surface area contributed by atoms with Crippen molar-refractivity contribution in [1.82, 2.24) is 10.3 Å². The van der Waals surface area contributed by atoms with Gasteiger partial charge in [-0.1, -0.05) is 0 Å². The lowest BCUT2D eigenvalue weighted by molar-refractivity contribution is 0.0965. The Morgan fingerprint density at radius 3 is 2.88 bits per heavy atom. The van der Waals surface area contributed by atoms with Crippen molar-refractivity contribution in [3.8, 4) is 5.75 Å². The van der Waals surface area contributed by atoms with Gasteiger partial charge in [-0.2, -0.15) is 0 Å². The summed E-state index contributed by atoms with van der Waals surface area (Å²) in [5.41, 5.74) is 1.40. The molecule has 0 saturated heterocycles.